The van der Waals surface area contributed by atoms with Gasteiger partial charge in [0.2, 0.25) is 0 Å². The molecule has 20 heavy (non-hydrogen) atoms. The van der Waals surface area contributed by atoms with Crippen LogP contribution >= 0.6 is 11.6 Å². The quantitative estimate of drug-likeness (QED) is 0.662. The van der Waals surface area contributed by atoms with Crippen molar-refractivity contribution in [2.45, 2.75) is 13.8 Å². The zero-order valence-corrected chi connectivity index (χ0v) is 12.0. The van der Waals surface area contributed by atoms with Gasteiger partial charge >= 0.3 is 6.03 Å². The van der Waals surface area contributed by atoms with Gasteiger partial charge in [0.25, 0.3) is 0 Å². The van der Waals surface area contributed by atoms with Gasteiger partial charge in [0, 0.05) is 27.7 Å². The Labute approximate surface area is 122 Å². The first-order valence-corrected chi connectivity index (χ1v) is 6.40. The molecular formula is C14H15ClN4O. The van der Waals surface area contributed by atoms with E-state index < -0.39 is 6.03 Å². The second-order valence-corrected chi connectivity index (χ2v) is 4.81. The summed E-state index contributed by atoms with van der Waals surface area (Å²) < 4.78 is 2.09. The molecule has 0 saturated carbocycles. The van der Waals surface area contributed by atoms with Gasteiger partial charge in [-0.25, -0.2) is 10.2 Å². The number of urea groups is 1. The van der Waals surface area contributed by atoms with Gasteiger partial charge in [0.15, 0.2) is 0 Å². The molecule has 2 amide bonds. The summed E-state index contributed by atoms with van der Waals surface area (Å²) in [5, 5.41) is 4.48. The van der Waals surface area contributed by atoms with E-state index in [1.807, 2.05) is 44.2 Å². The van der Waals surface area contributed by atoms with E-state index in [2.05, 4.69) is 15.1 Å². The second kappa shape index (κ2) is 5.79. The molecule has 0 unspecified atom stereocenters. The second-order valence-electron chi connectivity index (χ2n) is 4.37. The van der Waals surface area contributed by atoms with Gasteiger partial charge in [-0.15, -0.1) is 0 Å². The molecule has 2 rings (SSSR count). The molecule has 1 aromatic carbocycles. The van der Waals surface area contributed by atoms with Crippen LogP contribution in [0.3, 0.4) is 0 Å². The van der Waals surface area contributed by atoms with Crippen molar-refractivity contribution in [1.82, 2.24) is 9.99 Å². The van der Waals surface area contributed by atoms with Crippen LogP contribution in [0.1, 0.15) is 17.0 Å². The Kier molecular flexibility index (Phi) is 4.10. The number of aryl methyl sites for hydroxylation is 1. The van der Waals surface area contributed by atoms with Crippen LogP contribution in [-0.4, -0.2) is 16.8 Å². The van der Waals surface area contributed by atoms with Crippen LogP contribution in [0, 0.1) is 13.8 Å². The van der Waals surface area contributed by atoms with Crippen molar-refractivity contribution in [3.63, 3.8) is 0 Å². The molecule has 0 saturated heterocycles. The Morgan fingerprint density at radius 3 is 2.60 bits per heavy atom. The fourth-order valence-corrected chi connectivity index (χ4v) is 2.20. The summed E-state index contributed by atoms with van der Waals surface area (Å²) in [6.07, 6.45) is 1.57. The van der Waals surface area contributed by atoms with Crippen molar-refractivity contribution < 1.29 is 4.79 Å². The number of benzene rings is 1. The van der Waals surface area contributed by atoms with Crippen molar-refractivity contribution >= 4 is 23.8 Å². The fourth-order valence-electron chi connectivity index (χ4n) is 2.07. The fraction of sp³-hybridized carbons (Fsp3) is 0.143. The molecule has 0 bridgehead atoms. The Balaban J connectivity index is 2.36. The minimum absolute atomic E-state index is 0.687. The number of hydrazone groups is 1. The number of rotatable bonds is 3. The standard InChI is InChI=1S/C14H15ClN4O/c1-9-7-11(8-17-18-14(16)20)10(2)19(9)13-5-3-12(15)4-6-13/h3-8H,1-2H3,(H3,16,18,20)/b17-8+. The van der Waals surface area contributed by atoms with Crippen LogP contribution in [0.2, 0.25) is 5.02 Å². The normalized spacial score (nSPS) is 10.9. The van der Waals surface area contributed by atoms with Gasteiger partial charge in [0.05, 0.1) is 6.21 Å². The average Bonchev–Trinajstić information content (AvgIpc) is 2.66. The van der Waals surface area contributed by atoms with Crippen LogP contribution in [0.15, 0.2) is 35.4 Å². The number of nitrogens with two attached hydrogens (primary N) is 1. The molecule has 0 spiro atoms. The molecule has 0 aliphatic heterocycles. The Morgan fingerprint density at radius 2 is 2.00 bits per heavy atom. The highest BCUT2D eigenvalue weighted by atomic mass is 35.5. The van der Waals surface area contributed by atoms with E-state index in [-0.39, 0.29) is 0 Å². The number of carbonyl (C=O) groups is 1. The lowest BCUT2D eigenvalue weighted by Gasteiger charge is -2.09. The molecule has 3 N–H and O–H groups in total. The number of hydrogen-bond acceptors (Lipinski definition) is 2. The number of halogens is 1. The monoisotopic (exact) mass is 290 g/mol. The largest absolute Gasteiger partial charge is 0.350 e. The number of nitrogens with zero attached hydrogens (tertiary/aromatic N) is 2. The molecule has 0 fully saturated rings. The van der Waals surface area contributed by atoms with Gasteiger partial charge in [-0.3, -0.25) is 0 Å². The summed E-state index contributed by atoms with van der Waals surface area (Å²) in [6.45, 7) is 3.98. The number of primary amides is 1. The lowest BCUT2D eigenvalue weighted by Crippen LogP contribution is -2.24. The van der Waals surface area contributed by atoms with Crippen molar-refractivity contribution in [2.75, 3.05) is 0 Å². The molecule has 0 atom stereocenters. The van der Waals surface area contributed by atoms with Crippen LogP contribution in [0.4, 0.5) is 4.79 Å². The van der Waals surface area contributed by atoms with E-state index in [0.29, 0.717) is 5.02 Å². The average molecular weight is 291 g/mol. The van der Waals surface area contributed by atoms with Gasteiger partial charge in [0.1, 0.15) is 0 Å². The molecule has 1 aromatic heterocycles. The first-order valence-electron chi connectivity index (χ1n) is 6.02. The number of amides is 2. The highest BCUT2D eigenvalue weighted by Gasteiger charge is 2.09. The molecule has 2 aromatic rings. The topological polar surface area (TPSA) is 72.4 Å². The number of nitrogens with one attached hydrogen (secondary N) is 1. The molecule has 5 nitrogen and oxygen atoms in total. The lowest BCUT2D eigenvalue weighted by atomic mass is 10.2. The summed E-state index contributed by atoms with van der Waals surface area (Å²) in [7, 11) is 0. The van der Waals surface area contributed by atoms with Gasteiger partial charge < -0.3 is 10.3 Å². The van der Waals surface area contributed by atoms with Gasteiger partial charge in [-0.1, -0.05) is 11.6 Å². The first-order chi connectivity index (χ1) is 9.49. The minimum atomic E-state index is -0.687. The third kappa shape index (κ3) is 3.00. The maximum atomic E-state index is 10.6. The van der Waals surface area contributed by atoms with E-state index in [1.165, 1.54) is 0 Å². The van der Waals surface area contributed by atoms with Crippen molar-refractivity contribution in [2.24, 2.45) is 10.8 Å². The van der Waals surface area contributed by atoms with E-state index in [1.54, 1.807) is 6.21 Å². The first kappa shape index (κ1) is 14.1. The molecular weight excluding hydrogens is 276 g/mol. The summed E-state index contributed by atoms with van der Waals surface area (Å²) in [5.41, 5.74) is 11.1. The van der Waals surface area contributed by atoms with Crippen LogP contribution < -0.4 is 11.2 Å². The number of hydrogen-bond donors (Lipinski definition) is 2. The molecule has 0 aliphatic carbocycles. The molecule has 1 heterocycles. The Hall–Kier alpha value is -2.27. The third-order valence-corrected chi connectivity index (χ3v) is 3.19. The van der Waals surface area contributed by atoms with E-state index >= 15 is 0 Å². The lowest BCUT2D eigenvalue weighted by molar-refractivity contribution is 0.249. The van der Waals surface area contributed by atoms with Gasteiger partial charge in [-0.2, -0.15) is 5.10 Å². The number of aromatic nitrogens is 1. The minimum Gasteiger partial charge on any atom is -0.350 e. The Bertz CT molecular complexity index is 659. The maximum absolute atomic E-state index is 10.6. The zero-order chi connectivity index (χ0) is 14.7. The third-order valence-electron chi connectivity index (χ3n) is 2.93. The molecule has 0 aliphatic rings. The van der Waals surface area contributed by atoms with Crippen molar-refractivity contribution in [3.05, 3.63) is 52.3 Å². The maximum Gasteiger partial charge on any atom is 0.332 e. The predicted octanol–water partition coefficient (Wildman–Crippen LogP) is 2.75. The summed E-state index contributed by atoms with van der Waals surface area (Å²) in [4.78, 5) is 10.6. The SMILES string of the molecule is Cc1cc(/C=N/NC(N)=O)c(C)n1-c1ccc(Cl)cc1. The Morgan fingerprint density at radius 1 is 1.35 bits per heavy atom. The van der Waals surface area contributed by atoms with E-state index in [9.17, 15) is 4.79 Å². The van der Waals surface area contributed by atoms with Crippen LogP contribution in [0.5, 0.6) is 0 Å². The predicted molar refractivity (Wildman–Crippen MR) is 80.6 cm³/mol. The summed E-state index contributed by atoms with van der Waals surface area (Å²) >= 11 is 5.90. The van der Waals surface area contributed by atoms with Gasteiger partial charge in [-0.05, 0) is 44.2 Å². The highest BCUT2D eigenvalue weighted by molar-refractivity contribution is 6.30. The molecule has 6 heteroatoms. The van der Waals surface area contributed by atoms with E-state index in [0.717, 1.165) is 22.6 Å². The van der Waals surface area contributed by atoms with Crippen molar-refractivity contribution in [1.29, 1.82) is 0 Å². The molecule has 0 radical (unpaired) electrons. The van der Waals surface area contributed by atoms with Crippen molar-refractivity contribution in [3.8, 4) is 5.69 Å². The summed E-state index contributed by atoms with van der Waals surface area (Å²) in [6, 6.07) is 8.88. The summed E-state index contributed by atoms with van der Waals surface area (Å²) in [5.74, 6) is 0. The smallest absolute Gasteiger partial charge is 0.332 e. The van der Waals surface area contributed by atoms with E-state index in [4.69, 9.17) is 17.3 Å². The van der Waals surface area contributed by atoms with Crippen LogP contribution in [-0.2, 0) is 0 Å². The number of carbonyl (C=O) groups excluding carboxylic acids is 1. The van der Waals surface area contributed by atoms with Crippen LogP contribution in [0.25, 0.3) is 5.69 Å². The zero-order valence-electron chi connectivity index (χ0n) is 11.2. The molecule has 104 valence electrons. The highest BCUT2D eigenvalue weighted by Crippen LogP contribution is 2.21.